The third-order valence-corrected chi connectivity index (χ3v) is 3.32. The van der Waals surface area contributed by atoms with Gasteiger partial charge in [0.15, 0.2) is 0 Å². The summed E-state index contributed by atoms with van der Waals surface area (Å²) in [5.41, 5.74) is 2.95. The molecule has 1 aromatic carbocycles. The minimum Gasteiger partial charge on any atom is -0.438 e. The van der Waals surface area contributed by atoms with Crippen LogP contribution in [0.4, 0.5) is 5.69 Å². The number of nitrogens with zero attached hydrogens (tertiary/aromatic N) is 3. The van der Waals surface area contributed by atoms with E-state index in [0.717, 1.165) is 34.6 Å². The average Bonchev–Trinajstić information content (AvgIpc) is 2.92. The van der Waals surface area contributed by atoms with Crippen LogP contribution in [-0.2, 0) is 6.54 Å². The van der Waals surface area contributed by atoms with Gasteiger partial charge in [0.2, 0.25) is 5.88 Å². The number of benzene rings is 1. The van der Waals surface area contributed by atoms with E-state index in [1.54, 1.807) is 0 Å². The molecule has 1 N–H and O–H groups in total. The zero-order chi connectivity index (χ0) is 15.5. The van der Waals surface area contributed by atoms with Gasteiger partial charge in [-0.25, -0.2) is 9.97 Å². The molecule has 0 amide bonds. The Balaban J connectivity index is 1.93. The highest BCUT2D eigenvalue weighted by Gasteiger charge is 2.10. The number of rotatable bonds is 5. The topological polar surface area (TPSA) is 52.0 Å². The maximum atomic E-state index is 5.89. The van der Waals surface area contributed by atoms with E-state index in [1.807, 2.05) is 55.1 Å². The molecule has 2 heterocycles. The third kappa shape index (κ3) is 2.79. The van der Waals surface area contributed by atoms with Gasteiger partial charge in [-0.05, 0) is 37.3 Å². The molecule has 0 bridgehead atoms. The maximum Gasteiger partial charge on any atom is 0.231 e. The Bertz CT molecular complexity index is 805. The first-order valence-corrected chi connectivity index (χ1v) is 7.07. The maximum absolute atomic E-state index is 5.89. The molecule has 0 aliphatic rings. The first kappa shape index (κ1) is 14.1. The largest absolute Gasteiger partial charge is 0.438 e. The summed E-state index contributed by atoms with van der Waals surface area (Å²) in [5.74, 6) is 1.30. The molecule has 0 aliphatic carbocycles. The van der Waals surface area contributed by atoms with Gasteiger partial charge >= 0.3 is 0 Å². The van der Waals surface area contributed by atoms with Crippen LogP contribution in [-0.4, -0.2) is 21.6 Å². The molecule has 3 aromatic rings. The van der Waals surface area contributed by atoms with Crippen LogP contribution in [0, 0.1) is 0 Å². The van der Waals surface area contributed by atoms with Crippen LogP contribution in [0.1, 0.15) is 6.92 Å². The molecule has 0 spiro atoms. The molecule has 0 fully saturated rings. The van der Waals surface area contributed by atoms with Gasteiger partial charge in [0, 0.05) is 25.5 Å². The van der Waals surface area contributed by atoms with Crippen molar-refractivity contribution in [3.8, 4) is 11.6 Å². The summed E-state index contributed by atoms with van der Waals surface area (Å²) in [7, 11) is 1.88. The average molecular weight is 294 g/mol. The molecule has 0 unspecified atom stereocenters. The molecule has 2 aromatic heterocycles. The lowest BCUT2D eigenvalue weighted by Gasteiger charge is -2.08. The summed E-state index contributed by atoms with van der Waals surface area (Å²) in [4.78, 5) is 8.60. The van der Waals surface area contributed by atoms with Crippen molar-refractivity contribution in [2.45, 2.75) is 13.5 Å². The highest BCUT2D eigenvalue weighted by molar-refractivity contribution is 5.81. The van der Waals surface area contributed by atoms with E-state index in [-0.39, 0.29) is 0 Å². The third-order valence-electron chi connectivity index (χ3n) is 3.32. The van der Waals surface area contributed by atoms with E-state index in [4.69, 9.17) is 4.74 Å². The number of aromatic nitrogens is 3. The fourth-order valence-corrected chi connectivity index (χ4v) is 2.28. The van der Waals surface area contributed by atoms with Crippen LogP contribution in [0.2, 0.25) is 0 Å². The molecular formula is C17H18N4O. The summed E-state index contributed by atoms with van der Waals surface area (Å²) in [6.45, 7) is 6.67. The SMILES string of the molecule is C=C(C)Cn1ccc2c(Oc3ccc(NC)cc3)ncnc21. The minimum atomic E-state index is 0.558. The second kappa shape index (κ2) is 5.89. The Morgan fingerprint density at radius 1 is 1.23 bits per heavy atom. The molecule has 22 heavy (non-hydrogen) atoms. The standard InChI is InChI=1S/C17H18N4O/c1-12(2)10-21-9-8-15-16(21)19-11-20-17(15)22-14-6-4-13(18-3)5-7-14/h4-9,11,18H,1,10H2,2-3H3. The van der Waals surface area contributed by atoms with Crippen molar-refractivity contribution in [1.29, 1.82) is 0 Å². The van der Waals surface area contributed by atoms with Crippen molar-refractivity contribution in [3.63, 3.8) is 0 Å². The lowest BCUT2D eigenvalue weighted by Crippen LogP contribution is -1.99. The first-order valence-electron chi connectivity index (χ1n) is 7.07. The normalized spacial score (nSPS) is 10.6. The van der Waals surface area contributed by atoms with Gasteiger partial charge in [0.25, 0.3) is 0 Å². The minimum absolute atomic E-state index is 0.558. The fourth-order valence-electron chi connectivity index (χ4n) is 2.28. The number of ether oxygens (including phenoxy) is 1. The summed E-state index contributed by atoms with van der Waals surface area (Å²) in [6.07, 6.45) is 3.50. The Hall–Kier alpha value is -2.82. The van der Waals surface area contributed by atoms with Crippen LogP contribution in [0.25, 0.3) is 11.0 Å². The predicted octanol–water partition coefficient (Wildman–Crippen LogP) is 3.84. The first-order chi connectivity index (χ1) is 10.7. The summed E-state index contributed by atoms with van der Waals surface area (Å²) < 4.78 is 7.93. The molecule has 112 valence electrons. The van der Waals surface area contributed by atoms with Crippen LogP contribution in [0.5, 0.6) is 11.6 Å². The van der Waals surface area contributed by atoms with Gasteiger partial charge in [-0.3, -0.25) is 0 Å². The quantitative estimate of drug-likeness (QED) is 0.726. The summed E-state index contributed by atoms with van der Waals surface area (Å²) in [5, 5.41) is 3.97. The molecule has 3 rings (SSSR count). The van der Waals surface area contributed by atoms with Crippen molar-refractivity contribution in [2.24, 2.45) is 0 Å². The number of nitrogens with one attached hydrogen (secondary N) is 1. The molecule has 0 saturated carbocycles. The van der Waals surface area contributed by atoms with Gasteiger partial charge in [-0.15, -0.1) is 0 Å². The van der Waals surface area contributed by atoms with Crippen LogP contribution >= 0.6 is 0 Å². The van der Waals surface area contributed by atoms with Crippen LogP contribution in [0.15, 0.2) is 55.0 Å². The highest BCUT2D eigenvalue weighted by atomic mass is 16.5. The van der Waals surface area contributed by atoms with Crippen molar-refractivity contribution in [1.82, 2.24) is 14.5 Å². The Morgan fingerprint density at radius 3 is 2.68 bits per heavy atom. The predicted molar refractivity (Wildman–Crippen MR) is 88.4 cm³/mol. The molecule has 0 radical (unpaired) electrons. The zero-order valence-electron chi connectivity index (χ0n) is 12.7. The number of fused-ring (bicyclic) bond motifs is 1. The van der Waals surface area contributed by atoms with E-state index in [2.05, 4.69) is 21.9 Å². The smallest absolute Gasteiger partial charge is 0.231 e. The molecule has 5 heteroatoms. The van der Waals surface area contributed by atoms with E-state index in [0.29, 0.717) is 5.88 Å². The van der Waals surface area contributed by atoms with E-state index < -0.39 is 0 Å². The number of hydrogen-bond acceptors (Lipinski definition) is 4. The number of anilines is 1. The van der Waals surface area contributed by atoms with E-state index >= 15 is 0 Å². The van der Waals surface area contributed by atoms with Crippen molar-refractivity contribution in [2.75, 3.05) is 12.4 Å². The molecule has 0 aliphatic heterocycles. The van der Waals surface area contributed by atoms with Gasteiger partial charge < -0.3 is 14.6 Å². The van der Waals surface area contributed by atoms with Gasteiger partial charge in [-0.2, -0.15) is 0 Å². The van der Waals surface area contributed by atoms with Gasteiger partial charge in [0.05, 0.1) is 5.39 Å². The molecular weight excluding hydrogens is 276 g/mol. The molecule has 0 saturated heterocycles. The van der Waals surface area contributed by atoms with Crippen LogP contribution in [0.3, 0.4) is 0 Å². The summed E-state index contributed by atoms with van der Waals surface area (Å²) >= 11 is 0. The van der Waals surface area contributed by atoms with Gasteiger partial charge in [0.1, 0.15) is 17.7 Å². The van der Waals surface area contributed by atoms with Crippen molar-refractivity contribution in [3.05, 3.63) is 55.0 Å². The highest BCUT2D eigenvalue weighted by Crippen LogP contribution is 2.28. The van der Waals surface area contributed by atoms with Crippen molar-refractivity contribution >= 4 is 16.7 Å². The summed E-state index contributed by atoms with van der Waals surface area (Å²) in [6, 6.07) is 9.70. The van der Waals surface area contributed by atoms with E-state index in [9.17, 15) is 0 Å². The Morgan fingerprint density at radius 2 is 2.00 bits per heavy atom. The van der Waals surface area contributed by atoms with Crippen molar-refractivity contribution < 1.29 is 4.74 Å². The monoisotopic (exact) mass is 294 g/mol. The van der Waals surface area contributed by atoms with Crippen LogP contribution < -0.4 is 10.1 Å². The number of hydrogen-bond donors (Lipinski definition) is 1. The zero-order valence-corrected chi connectivity index (χ0v) is 12.7. The lowest BCUT2D eigenvalue weighted by molar-refractivity contribution is 0.468. The lowest BCUT2D eigenvalue weighted by atomic mass is 10.3. The molecule has 0 atom stereocenters. The second-order valence-corrected chi connectivity index (χ2v) is 5.19. The number of allylic oxidation sites excluding steroid dienone is 1. The fraction of sp³-hybridized carbons (Fsp3) is 0.176. The Labute approximate surface area is 129 Å². The molecule has 5 nitrogen and oxygen atoms in total. The van der Waals surface area contributed by atoms with Gasteiger partial charge in [-0.1, -0.05) is 12.2 Å². The second-order valence-electron chi connectivity index (χ2n) is 5.19. The Kier molecular flexibility index (Phi) is 3.78. The van der Waals surface area contributed by atoms with E-state index in [1.165, 1.54) is 6.33 Å².